The van der Waals surface area contributed by atoms with Crippen LogP contribution in [0.5, 0.6) is 0 Å². The fourth-order valence-corrected chi connectivity index (χ4v) is 4.97. The molecule has 5 rings (SSSR count). The molecule has 1 saturated heterocycles. The lowest BCUT2D eigenvalue weighted by atomic mass is 9.79. The Labute approximate surface area is 189 Å². The third kappa shape index (κ3) is 3.76. The number of aliphatic imine (C=N–C) groups is 1. The molecule has 0 spiro atoms. The summed E-state index contributed by atoms with van der Waals surface area (Å²) in [5, 5.41) is 8.71. The van der Waals surface area contributed by atoms with E-state index in [9.17, 15) is 13.2 Å². The fraction of sp³-hybridized carbons (Fsp3) is 0.591. The van der Waals surface area contributed by atoms with Crippen LogP contribution < -0.4 is 5.73 Å². The number of nitrogens with two attached hydrogens (primary N) is 1. The molecule has 178 valence electrons. The minimum absolute atomic E-state index is 0.0182. The number of fused-ring (bicyclic) bond motifs is 1. The van der Waals surface area contributed by atoms with E-state index in [-0.39, 0.29) is 12.5 Å². The van der Waals surface area contributed by atoms with Crippen LogP contribution in [0.1, 0.15) is 51.3 Å². The van der Waals surface area contributed by atoms with Crippen molar-refractivity contribution in [3.05, 3.63) is 41.7 Å². The van der Waals surface area contributed by atoms with Crippen molar-refractivity contribution in [1.29, 1.82) is 0 Å². The minimum Gasteiger partial charge on any atom is -0.475 e. The highest BCUT2D eigenvalue weighted by molar-refractivity contribution is 5.82. The second-order valence-electron chi connectivity index (χ2n) is 9.16. The fourth-order valence-electron chi connectivity index (χ4n) is 4.97. The zero-order chi connectivity index (χ0) is 23.3. The average Bonchev–Trinajstić information content (AvgIpc) is 3.21. The average molecular weight is 464 g/mol. The highest BCUT2D eigenvalue weighted by Crippen LogP contribution is 2.47. The third-order valence-electron chi connectivity index (χ3n) is 6.84. The van der Waals surface area contributed by atoms with Gasteiger partial charge in [-0.2, -0.15) is 13.2 Å². The van der Waals surface area contributed by atoms with Crippen LogP contribution in [0.3, 0.4) is 0 Å². The maximum Gasteiger partial charge on any atom is 0.422 e. The number of rotatable bonds is 5. The lowest BCUT2D eigenvalue weighted by molar-refractivity contribution is -0.174. The number of ether oxygens (including phenoxy) is 2. The summed E-state index contributed by atoms with van der Waals surface area (Å²) in [4.78, 5) is 5.52. The van der Waals surface area contributed by atoms with Crippen LogP contribution in [0.2, 0.25) is 0 Å². The van der Waals surface area contributed by atoms with Crippen molar-refractivity contribution in [3.63, 3.8) is 0 Å². The Balaban J connectivity index is 1.66. The van der Waals surface area contributed by atoms with Crippen LogP contribution in [-0.2, 0) is 15.0 Å². The molecule has 2 fully saturated rings. The maximum atomic E-state index is 14.1. The topological polar surface area (TPSA) is 90.3 Å². The number of hydrogen-bond donors (Lipinski definition) is 1. The SMILES string of the molecule is CC1(COC2=C(C(F)(F)F)C=NC(N)N2C2(c3nnc4ccccn34)CCCCC2)CCO1. The Morgan fingerprint density at radius 3 is 2.61 bits per heavy atom. The van der Waals surface area contributed by atoms with Crippen molar-refractivity contribution >= 4 is 11.9 Å². The molecule has 2 N–H and O–H groups in total. The van der Waals surface area contributed by atoms with Gasteiger partial charge in [0.2, 0.25) is 5.88 Å². The van der Waals surface area contributed by atoms with Crippen molar-refractivity contribution in [2.45, 2.75) is 69.1 Å². The quantitative estimate of drug-likeness (QED) is 0.729. The van der Waals surface area contributed by atoms with Crippen LogP contribution in [-0.4, -0.2) is 57.0 Å². The van der Waals surface area contributed by atoms with Gasteiger partial charge in [0.05, 0.1) is 6.61 Å². The summed E-state index contributed by atoms with van der Waals surface area (Å²) < 4.78 is 55.7. The van der Waals surface area contributed by atoms with E-state index in [1.54, 1.807) is 0 Å². The normalized spacial score (nSPS) is 27.7. The summed E-state index contributed by atoms with van der Waals surface area (Å²) >= 11 is 0. The van der Waals surface area contributed by atoms with E-state index in [0.29, 0.717) is 37.3 Å². The highest BCUT2D eigenvalue weighted by atomic mass is 19.4. The predicted molar refractivity (Wildman–Crippen MR) is 114 cm³/mol. The zero-order valence-electron chi connectivity index (χ0n) is 18.4. The largest absolute Gasteiger partial charge is 0.475 e. The van der Waals surface area contributed by atoms with E-state index >= 15 is 0 Å². The molecule has 0 amide bonds. The first kappa shape index (κ1) is 22.1. The minimum atomic E-state index is -4.67. The molecule has 1 saturated carbocycles. The Morgan fingerprint density at radius 1 is 1.18 bits per heavy atom. The Bertz CT molecular complexity index is 1090. The van der Waals surface area contributed by atoms with Gasteiger partial charge in [-0.25, -0.2) is 0 Å². The summed E-state index contributed by atoms with van der Waals surface area (Å²) in [7, 11) is 0. The highest BCUT2D eigenvalue weighted by Gasteiger charge is 2.52. The van der Waals surface area contributed by atoms with Crippen LogP contribution in [0.15, 0.2) is 40.8 Å². The van der Waals surface area contributed by atoms with Crippen molar-refractivity contribution in [2.75, 3.05) is 13.2 Å². The molecule has 0 radical (unpaired) electrons. The first-order valence-electron chi connectivity index (χ1n) is 11.2. The van der Waals surface area contributed by atoms with Gasteiger partial charge >= 0.3 is 6.18 Å². The zero-order valence-corrected chi connectivity index (χ0v) is 18.4. The van der Waals surface area contributed by atoms with Crippen LogP contribution in [0.4, 0.5) is 13.2 Å². The first-order valence-corrected chi connectivity index (χ1v) is 11.2. The molecule has 33 heavy (non-hydrogen) atoms. The second kappa shape index (κ2) is 7.98. The van der Waals surface area contributed by atoms with Gasteiger partial charge < -0.3 is 9.47 Å². The summed E-state index contributed by atoms with van der Waals surface area (Å²) in [6.45, 7) is 2.37. The molecular weight excluding hydrogens is 437 g/mol. The van der Waals surface area contributed by atoms with E-state index in [0.717, 1.165) is 25.5 Å². The molecule has 0 bridgehead atoms. The monoisotopic (exact) mass is 464 g/mol. The molecule has 4 heterocycles. The van der Waals surface area contributed by atoms with E-state index < -0.39 is 29.2 Å². The van der Waals surface area contributed by atoms with Gasteiger partial charge in [0.1, 0.15) is 23.3 Å². The van der Waals surface area contributed by atoms with E-state index in [1.807, 2.05) is 35.7 Å². The number of aromatic nitrogens is 3. The van der Waals surface area contributed by atoms with Gasteiger partial charge in [-0.3, -0.25) is 20.0 Å². The van der Waals surface area contributed by atoms with Gasteiger partial charge in [0.25, 0.3) is 0 Å². The van der Waals surface area contributed by atoms with Gasteiger partial charge in [0.15, 0.2) is 17.8 Å². The van der Waals surface area contributed by atoms with E-state index in [2.05, 4.69) is 15.2 Å². The molecule has 11 heteroatoms. The summed E-state index contributed by atoms with van der Waals surface area (Å²) in [5.74, 6) is 0.218. The van der Waals surface area contributed by atoms with E-state index in [4.69, 9.17) is 15.2 Å². The van der Waals surface area contributed by atoms with Crippen molar-refractivity contribution in [2.24, 2.45) is 10.7 Å². The standard InChI is InChI=1S/C22H27F3N6O2/c1-20(10-12-33-20)14-32-17-15(22(23,24)25)13-27-19(26)31(17)21(8-4-2-5-9-21)18-29-28-16-7-3-6-11-30(16)18/h3,6-7,11,13,19H,2,4-5,8-10,12,14,26H2,1H3. The molecule has 1 aliphatic carbocycles. The van der Waals surface area contributed by atoms with Crippen molar-refractivity contribution < 1.29 is 22.6 Å². The smallest absolute Gasteiger partial charge is 0.422 e. The Kier molecular flexibility index (Phi) is 5.36. The maximum absolute atomic E-state index is 14.1. The summed E-state index contributed by atoms with van der Waals surface area (Å²) in [6, 6.07) is 5.49. The van der Waals surface area contributed by atoms with Gasteiger partial charge in [-0.1, -0.05) is 25.3 Å². The first-order chi connectivity index (χ1) is 15.7. The number of halogens is 3. The van der Waals surface area contributed by atoms with Gasteiger partial charge in [-0.05, 0) is 31.9 Å². The van der Waals surface area contributed by atoms with Gasteiger partial charge in [-0.15, -0.1) is 10.2 Å². The lowest BCUT2D eigenvalue weighted by Crippen LogP contribution is -2.58. The molecule has 2 atom stereocenters. The number of hydrogen-bond acceptors (Lipinski definition) is 7. The molecular formula is C22H27F3N6O2. The number of alkyl halides is 3. The number of nitrogens with zero attached hydrogens (tertiary/aromatic N) is 5. The molecule has 3 aliphatic rings. The molecule has 2 unspecified atom stereocenters. The van der Waals surface area contributed by atoms with Crippen LogP contribution >= 0.6 is 0 Å². The van der Waals surface area contributed by atoms with E-state index in [1.165, 1.54) is 4.90 Å². The second-order valence-corrected chi connectivity index (χ2v) is 9.16. The Hall–Kier alpha value is -2.66. The van der Waals surface area contributed by atoms with Crippen molar-refractivity contribution in [3.8, 4) is 0 Å². The Morgan fingerprint density at radius 2 is 1.94 bits per heavy atom. The van der Waals surface area contributed by atoms with Crippen LogP contribution in [0, 0.1) is 0 Å². The summed E-state index contributed by atoms with van der Waals surface area (Å²) in [6.07, 6.45) is 1.28. The molecule has 2 aromatic heterocycles. The van der Waals surface area contributed by atoms with Gasteiger partial charge in [0, 0.05) is 18.8 Å². The van der Waals surface area contributed by atoms with Crippen LogP contribution in [0.25, 0.3) is 5.65 Å². The predicted octanol–water partition coefficient (Wildman–Crippen LogP) is 3.49. The number of pyridine rings is 1. The molecule has 0 aromatic carbocycles. The molecule has 2 aromatic rings. The number of allylic oxidation sites excluding steroid dienone is 1. The lowest BCUT2D eigenvalue weighted by Gasteiger charge is -2.50. The summed E-state index contributed by atoms with van der Waals surface area (Å²) in [5.41, 5.74) is 4.46. The van der Waals surface area contributed by atoms with Crippen molar-refractivity contribution in [1.82, 2.24) is 19.5 Å². The molecule has 2 aliphatic heterocycles. The molecule has 8 nitrogen and oxygen atoms in total. The third-order valence-corrected chi connectivity index (χ3v) is 6.84.